The lowest BCUT2D eigenvalue weighted by atomic mass is 10.2. The SMILES string of the molecule is CS(=O)(=O)NCCCNCc1ccc(OCc2ccccc2F)cc1. The maximum atomic E-state index is 13.5. The van der Waals surface area contributed by atoms with E-state index in [0.717, 1.165) is 18.2 Å². The first-order valence-electron chi connectivity index (χ1n) is 8.04. The number of benzene rings is 2. The summed E-state index contributed by atoms with van der Waals surface area (Å²) < 4.78 is 43.4. The van der Waals surface area contributed by atoms with Crippen LogP contribution in [0.2, 0.25) is 0 Å². The fourth-order valence-electron chi connectivity index (χ4n) is 2.18. The van der Waals surface area contributed by atoms with E-state index in [2.05, 4.69) is 10.0 Å². The van der Waals surface area contributed by atoms with E-state index in [0.29, 0.717) is 30.9 Å². The summed E-state index contributed by atoms with van der Waals surface area (Å²) in [5.74, 6) is 0.415. The maximum Gasteiger partial charge on any atom is 0.208 e. The quantitative estimate of drug-likeness (QED) is 0.634. The summed E-state index contributed by atoms with van der Waals surface area (Å²) in [4.78, 5) is 0. The van der Waals surface area contributed by atoms with Gasteiger partial charge in [0.25, 0.3) is 0 Å². The molecule has 0 bridgehead atoms. The summed E-state index contributed by atoms with van der Waals surface area (Å²) in [6.07, 6.45) is 1.87. The van der Waals surface area contributed by atoms with Crippen LogP contribution in [0.15, 0.2) is 48.5 Å². The van der Waals surface area contributed by atoms with Crippen molar-refractivity contribution in [2.45, 2.75) is 19.6 Å². The van der Waals surface area contributed by atoms with Gasteiger partial charge in [-0.1, -0.05) is 30.3 Å². The molecule has 0 amide bonds. The zero-order valence-corrected chi connectivity index (χ0v) is 15.0. The number of halogens is 1. The summed E-state index contributed by atoms with van der Waals surface area (Å²) in [5, 5.41) is 3.25. The van der Waals surface area contributed by atoms with Gasteiger partial charge in [-0.05, 0) is 36.7 Å². The number of hydrogen-bond donors (Lipinski definition) is 2. The van der Waals surface area contributed by atoms with Crippen molar-refractivity contribution in [2.75, 3.05) is 19.3 Å². The van der Waals surface area contributed by atoms with Crippen LogP contribution in [0.1, 0.15) is 17.5 Å². The molecule has 2 aromatic carbocycles. The number of rotatable bonds is 10. The molecule has 2 aromatic rings. The normalized spacial score (nSPS) is 11.4. The van der Waals surface area contributed by atoms with Gasteiger partial charge in [0, 0.05) is 18.7 Å². The van der Waals surface area contributed by atoms with Gasteiger partial charge in [0.15, 0.2) is 0 Å². The van der Waals surface area contributed by atoms with Crippen LogP contribution >= 0.6 is 0 Å². The monoisotopic (exact) mass is 366 g/mol. The first-order chi connectivity index (χ1) is 11.9. The minimum Gasteiger partial charge on any atom is -0.489 e. The third-order valence-electron chi connectivity index (χ3n) is 3.50. The van der Waals surface area contributed by atoms with E-state index in [-0.39, 0.29) is 12.4 Å². The molecule has 2 rings (SSSR count). The van der Waals surface area contributed by atoms with Gasteiger partial charge in [-0.3, -0.25) is 0 Å². The fraction of sp³-hybridized carbons (Fsp3) is 0.333. The summed E-state index contributed by atoms with van der Waals surface area (Å²) in [6.45, 7) is 2.02. The standard InChI is InChI=1S/C18H23FN2O3S/c1-25(22,23)21-12-4-11-20-13-15-7-9-17(10-8-15)24-14-16-5-2-3-6-18(16)19/h2-3,5-10,20-21H,4,11-14H2,1H3. The lowest BCUT2D eigenvalue weighted by Gasteiger charge is -2.09. The zero-order valence-electron chi connectivity index (χ0n) is 14.2. The molecule has 0 aliphatic heterocycles. The predicted octanol–water partition coefficient (Wildman–Crippen LogP) is 2.43. The van der Waals surface area contributed by atoms with E-state index in [1.165, 1.54) is 6.07 Å². The highest BCUT2D eigenvalue weighted by Crippen LogP contribution is 2.15. The van der Waals surface area contributed by atoms with Gasteiger partial charge >= 0.3 is 0 Å². The van der Waals surface area contributed by atoms with Crippen molar-refractivity contribution in [1.82, 2.24) is 10.0 Å². The molecule has 0 atom stereocenters. The molecule has 0 aromatic heterocycles. The van der Waals surface area contributed by atoms with Crippen molar-refractivity contribution >= 4 is 10.0 Å². The lowest BCUT2D eigenvalue weighted by molar-refractivity contribution is 0.300. The Morgan fingerprint density at radius 3 is 2.44 bits per heavy atom. The summed E-state index contributed by atoms with van der Waals surface area (Å²) >= 11 is 0. The van der Waals surface area contributed by atoms with Gasteiger partial charge in [-0.25, -0.2) is 17.5 Å². The summed E-state index contributed by atoms with van der Waals surface area (Å²) in [5.41, 5.74) is 1.62. The number of sulfonamides is 1. The minimum atomic E-state index is -3.11. The highest BCUT2D eigenvalue weighted by Gasteiger charge is 2.02. The first kappa shape index (κ1) is 19.4. The van der Waals surface area contributed by atoms with E-state index in [1.54, 1.807) is 18.2 Å². The second kappa shape index (κ2) is 9.50. The third-order valence-corrected chi connectivity index (χ3v) is 4.23. The molecule has 0 unspecified atom stereocenters. The van der Waals surface area contributed by atoms with Crippen molar-refractivity contribution in [3.05, 3.63) is 65.5 Å². The topological polar surface area (TPSA) is 67.4 Å². The largest absolute Gasteiger partial charge is 0.489 e. The van der Waals surface area contributed by atoms with Crippen LogP contribution in [-0.4, -0.2) is 27.8 Å². The van der Waals surface area contributed by atoms with Gasteiger partial charge in [-0.2, -0.15) is 0 Å². The Morgan fingerprint density at radius 2 is 1.76 bits per heavy atom. The number of hydrogen-bond acceptors (Lipinski definition) is 4. The van der Waals surface area contributed by atoms with Crippen molar-refractivity contribution in [1.29, 1.82) is 0 Å². The molecule has 0 fully saturated rings. The Labute approximate surface area is 148 Å². The Morgan fingerprint density at radius 1 is 1.04 bits per heavy atom. The molecule has 5 nitrogen and oxygen atoms in total. The molecular weight excluding hydrogens is 343 g/mol. The van der Waals surface area contributed by atoms with E-state index in [1.807, 2.05) is 24.3 Å². The fourth-order valence-corrected chi connectivity index (χ4v) is 2.70. The number of ether oxygens (including phenoxy) is 1. The highest BCUT2D eigenvalue weighted by atomic mass is 32.2. The molecule has 2 N–H and O–H groups in total. The minimum absolute atomic E-state index is 0.192. The molecular formula is C18H23FN2O3S. The van der Waals surface area contributed by atoms with Crippen LogP contribution in [0.3, 0.4) is 0 Å². The molecule has 0 saturated carbocycles. The average molecular weight is 366 g/mol. The van der Waals surface area contributed by atoms with Crippen LogP contribution < -0.4 is 14.8 Å². The highest BCUT2D eigenvalue weighted by molar-refractivity contribution is 7.88. The van der Waals surface area contributed by atoms with Gasteiger partial charge in [0.2, 0.25) is 10.0 Å². The molecule has 0 spiro atoms. The Balaban J connectivity index is 1.68. The third kappa shape index (κ3) is 7.64. The van der Waals surface area contributed by atoms with Crippen LogP contribution in [0.5, 0.6) is 5.75 Å². The molecule has 7 heteroatoms. The van der Waals surface area contributed by atoms with Gasteiger partial charge in [0.05, 0.1) is 6.26 Å². The second-order valence-electron chi connectivity index (χ2n) is 5.72. The van der Waals surface area contributed by atoms with Crippen molar-refractivity contribution < 1.29 is 17.5 Å². The van der Waals surface area contributed by atoms with E-state index in [9.17, 15) is 12.8 Å². The zero-order chi connectivity index (χ0) is 18.1. The van der Waals surface area contributed by atoms with E-state index in [4.69, 9.17) is 4.74 Å². The van der Waals surface area contributed by atoms with Gasteiger partial charge < -0.3 is 10.1 Å². The van der Waals surface area contributed by atoms with E-state index < -0.39 is 10.0 Å². The second-order valence-corrected chi connectivity index (χ2v) is 7.55. The van der Waals surface area contributed by atoms with Gasteiger partial charge in [0.1, 0.15) is 18.2 Å². The van der Waals surface area contributed by atoms with Crippen molar-refractivity contribution in [3.8, 4) is 5.75 Å². The van der Waals surface area contributed by atoms with Gasteiger partial charge in [-0.15, -0.1) is 0 Å². The predicted molar refractivity (Wildman–Crippen MR) is 96.3 cm³/mol. The molecule has 25 heavy (non-hydrogen) atoms. The molecule has 0 aliphatic rings. The lowest BCUT2D eigenvalue weighted by Crippen LogP contribution is -2.26. The Kier molecular flexibility index (Phi) is 7.36. The summed E-state index contributed by atoms with van der Waals surface area (Å²) in [6, 6.07) is 14.1. The van der Waals surface area contributed by atoms with Crippen LogP contribution in [0.25, 0.3) is 0 Å². The van der Waals surface area contributed by atoms with Crippen molar-refractivity contribution in [3.63, 3.8) is 0 Å². The molecule has 136 valence electrons. The average Bonchev–Trinajstić information content (AvgIpc) is 2.57. The molecule has 0 heterocycles. The van der Waals surface area contributed by atoms with Crippen LogP contribution in [0, 0.1) is 5.82 Å². The Bertz CT molecular complexity index is 764. The van der Waals surface area contributed by atoms with Crippen molar-refractivity contribution in [2.24, 2.45) is 0 Å². The summed E-state index contributed by atoms with van der Waals surface area (Å²) in [7, 11) is -3.11. The molecule has 0 radical (unpaired) electrons. The first-order valence-corrected chi connectivity index (χ1v) is 9.94. The van der Waals surface area contributed by atoms with Crippen LogP contribution in [0.4, 0.5) is 4.39 Å². The Hall–Kier alpha value is -1.96. The van der Waals surface area contributed by atoms with Crippen LogP contribution in [-0.2, 0) is 23.2 Å². The van der Waals surface area contributed by atoms with E-state index >= 15 is 0 Å². The molecule has 0 aliphatic carbocycles. The smallest absolute Gasteiger partial charge is 0.208 e. The molecule has 0 saturated heterocycles. The number of nitrogens with one attached hydrogen (secondary N) is 2. The maximum absolute atomic E-state index is 13.5.